The van der Waals surface area contributed by atoms with Crippen molar-refractivity contribution in [2.45, 2.75) is 51.8 Å². The molecule has 1 aliphatic carbocycles. The number of benzene rings is 2. The summed E-state index contributed by atoms with van der Waals surface area (Å²) in [5.74, 6) is -0.543. The van der Waals surface area contributed by atoms with Gasteiger partial charge in [0.25, 0.3) is 17.7 Å². The lowest BCUT2D eigenvalue weighted by Gasteiger charge is -2.35. The molecule has 5 rings (SSSR count). The van der Waals surface area contributed by atoms with Crippen molar-refractivity contribution in [2.75, 3.05) is 31.5 Å². The van der Waals surface area contributed by atoms with Crippen molar-refractivity contribution in [3.05, 3.63) is 76.2 Å². The summed E-state index contributed by atoms with van der Waals surface area (Å²) in [4.78, 5) is 55.8. The first kappa shape index (κ1) is 30.2. The normalized spacial score (nSPS) is 15.2. The Morgan fingerprint density at radius 1 is 0.884 bits per heavy atom. The second-order valence-corrected chi connectivity index (χ2v) is 12.9. The largest absolute Gasteiger partial charge is 0.444 e. The summed E-state index contributed by atoms with van der Waals surface area (Å²) in [7, 11) is 0. The van der Waals surface area contributed by atoms with Crippen molar-refractivity contribution in [1.29, 1.82) is 0 Å². The Hall–Kier alpha value is -4.22. The van der Waals surface area contributed by atoms with Crippen LogP contribution >= 0.6 is 11.3 Å². The van der Waals surface area contributed by atoms with Crippen molar-refractivity contribution in [3.63, 3.8) is 0 Å². The third-order valence-electron chi connectivity index (χ3n) is 7.22. The van der Waals surface area contributed by atoms with Crippen LogP contribution in [0, 0.1) is 0 Å². The van der Waals surface area contributed by atoms with Crippen LogP contribution in [0.3, 0.4) is 0 Å². The molecule has 1 saturated heterocycles. The third-order valence-corrected chi connectivity index (χ3v) is 8.35. The number of rotatable bonds is 7. The van der Waals surface area contributed by atoms with Crippen LogP contribution in [0.5, 0.6) is 0 Å². The lowest BCUT2D eigenvalue weighted by atomic mass is 10.1. The maximum Gasteiger partial charge on any atom is 0.410 e. The molecule has 43 heavy (non-hydrogen) atoms. The van der Waals surface area contributed by atoms with E-state index in [-0.39, 0.29) is 36.4 Å². The van der Waals surface area contributed by atoms with Gasteiger partial charge < -0.3 is 30.9 Å². The summed E-state index contributed by atoms with van der Waals surface area (Å²) in [6.07, 6.45) is 1.62. The van der Waals surface area contributed by atoms with E-state index in [1.54, 1.807) is 46.2 Å². The molecule has 2 aromatic carbocycles. The van der Waals surface area contributed by atoms with Crippen molar-refractivity contribution < 1.29 is 23.9 Å². The molecule has 1 aromatic heterocycles. The van der Waals surface area contributed by atoms with Gasteiger partial charge in [0.1, 0.15) is 5.60 Å². The van der Waals surface area contributed by atoms with Gasteiger partial charge >= 0.3 is 6.09 Å². The number of carbonyl (C=O) groups excluding carboxylic acids is 4. The number of nitrogens with zero attached hydrogens (tertiary/aromatic N) is 2. The molecule has 0 unspecified atom stereocenters. The van der Waals surface area contributed by atoms with E-state index >= 15 is 0 Å². The molecule has 2 heterocycles. The van der Waals surface area contributed by atoms with Crippen LogP contribution in [0.2, 0.25) is 0 Å². The molecule has 2 fully saturated rings. The molecule has 10 nitrogen and oxygen atoms in total. The van der Waals surface area contributed by atoms with Crippen LogP contribution in [0.4, 0.5) is 10.5 Å². The second-order valence-electron chi connectivity index (χ2n) is 11.8. The van der Waals surface area contributed by atoms with Gasteiger partial charge in [-0.1, -0.05) is 18.2 Å². The quantitative estimate of drug-likeness (QED) is 0.358. The Bertz CT molecular complexity index is 1520. The number of nitrogens with one attached hydrogen (secondary N) is 2. The number of piperazine rings is 1. The molecule has 226 valence electrons. The topological polar surface area (TPSA) is 134 Å². The highest BCUT2D eigenvalue weighted by molar-refractivity contribution is 7.17. The minimum absolute atomic E-state index is 0.0922. The summed E-state index contributed by atoms with van der Waals surface area (Å²) in [5, 5.41) is 5.88. The van der Waals surface area contributed by atoms with E-state index in [9.17, 15) is 19.2 Å². The fourth-order valence-electron chi connectivity index (χ4n) is 4.69. The van der Waals surface area contributed by atoms with Gasteiger partial charge in [-0.15, -0.1) is 11.3 Å². The van der Waals surface area contributed by atoms with E-state index in [0.29, 0.717) is 47.9 Å². The summed E-state index contributed by atoms with van der Waals surface area (Å²) < 4.78 is 5.44. The highest BCUT2D eigenvalue weighted by Crippen LogP contribution is 2.30. The SMILES string of the molecule is CC(C)(C)OC(=O)N1CCN(C(=O)c2ccc(-c3ccc(C(=O)Nc4cc(C(=O)NC5CC5)ccc4CN)s3)cc2)CC1. The average Bonchev–Trinajstić information content (AvgIpc) is 3.66. The van der Waals surface area contributed by atoms with Gasteiger partial charge in [-0.2, -0.15) is 0 Å². The molecule has 0 radical (unpaired) electrons. The number of ether oxygens (including phenoxy) is 1. The minimum atomic E-state index is -0.562. The molecule has 2 aliphatic rings. The molecular weight excluding hydrogens is 566 g/mol. The molecule has 3 aromatic rings. The fraction of sp³-hybridized carbons (Fsp3) is 0.375. The first-order valence-electron chi connectivity index (χ1n) is 14.4. The molecule has 1 aliphatic heterocycles. The van der Waals surface area contributed by atoms with Crippen LogP contribution in [0.1, 0.15) is 69.6 Å². The van der Waals surface area contributed by atoms with Gasteiger partial charge in [-0.3, -0.25) is 14.4 Å². The van der Waals surface area contributed by atoms with Gasteiger partial charge in [0.2, 0.25) is 0 Å². The number of amides is 4. The lowest BCUT2D eigenvalue weighted by Crippen LogP contribution is -2.51. The van der Waals surface area contributed by atoms with Gasteiger partial charge in [-0.05, 0) is 81.1 Å². The van der Waals surface area contributed by atoms with E-state index in [4.69, 9.17) is 10.5 Å². The zero-order valence-corrected chi connectivity index (χ0v) is 25.5. The Labute approximate surface area is 255 Å². The van der Waals surface area contributed by atoms with E-state index in [1.807, 2.05) is 39.0 Å². The van der Waals surface area contributed by atoms with E-state index in [0.717, 1.165) is 28.8 Å². The van der Waals surface area contributed by atoms with Gasteiger partial charge in [0, 0.05) is 60.5 Å². The second kappa shape index (κ2) is 12.6. The summed E-state index contributed by atoms with van der Waals surface area (Å²) >= 11 is 1.34. The van der Waals surface area contributed by atoms with Crippen LogP contribution in [0.25, 0.3) is 10.4 Å². The zero-order chi connectivity index (χ0) is 30.7. The summed E-state index contributed by atoms with van der Waals surface area (Å²) in [5.41, 5.74) is 8.49. The lowest BCUT2D eigenvalue weighted by molar-refractivity contribution is 0.0141. The predicted octanol–water partition coefficient (Wildman–Crippen LogP) is 4.71. The standard InChI is InChI=1S/C32H37N5O5S/c1-32(2,3)42-31(41)37-16-14-36(15-17-37)30(40)21-6-4-20(5-7-21)26-12-13-27(43-26)29(39)35-25-18-22(8-9-23(25)19-33)28(38)34-24-10-11-24/h4-9,12-13,18,24H,10-11,14-17,19,33H2,1-3H3,(H,34,38)(H,35,39). The molecule has 0 atom stereocenters. The molecule has 0 bridgehead atoms. The molecule has 0 spiro atoms. The first-order valence-corrected chi connectivity index (χ1v) is 15.2. The highest BCUT2D eigenvalue weighted by atomic mass is 32.1. The van der Waals surface area contributed by atoms with Crippen LogP contribution in [0.15, 0.2) is 54.6 Å². The number of thiophene rings is 1. The molecule has 4 N–H and O–H groups in total. The van der Waals surface area contributed by atoms with Crippen molar-refractivity contribution in [3.8, 4) is 10.4 Å². The van der Waals surface area contributed by atoms with Gasteiger partial charge in [0.15, 0.2) is 0 Å². The third kappa shape index (κ3) is 7.60. The fourth-order valence-corrected chi connectivity index (χ4v) is 5.59. The summed E-state index contributed by atoms with van der Waals surface area (Å²) in [6.45, 7) is 7.42. The van der Waals surface area contributed by atoms with Crippen molar-refractivity contribution in [1.82, 2.24) is 15.1 Å². The average molecular weight is 604 g/mol. The predicted molar refractivity (Wildman–Crippen MR) is 166 cm³/mol. The molecule has 11 heteroatoms. The number of hydrogen-bond donors (Lipinski definition) is 3. The smallest absolute Gasteiger partial charge is 0.410 e. The van der Waals surface area contributed by atoms with Crippen LogP contribution in [-0.2, 0) is 11.3 Å². The number of anilines is 1. The van der Waals surface area contributed by atoms with Crippen LogP contribution in [-0.4, -0.2) is 71.4 Å². The van der Waals surface area contributed by atoms with E-state index in [1.165, 1.54) is 11.3 Å². The van der Waals surface area contributed by atoms with Crippen molar-refractivity contribution in [2.24, 2.45) is 5.73 Å². The Morgan fingerprint density at radius 3 is 2.16 bits per heavy atom. The Morgan fingerprint density at radius 2 is 1.53 bits per heavy atom. The van der Waals surface area contributed by atoms with E-state index in [2.05, 4.69) is 10.6 Å². The maximum atomic E-state index is 13.1. The molecule has 4 amide bonds. The number of nitrogens with two attached hydrogens (primary N) is 1. The van der Waals surface area contributed by atoms with Gasteiger partial charge in [-0.25, -0.2) is 4.79 Å². The first-order chi connectivity index (χ1) is 20.5. The van der Waals surface area contributed by atoms with Gasteiger partial charge in [0.05, 0.1) is 4.88 Å². The minimum Gasteiger partial charge on any atom is -0.444 e. The Balaban J connectivity index is 1.19. The summed E-state index contributed by atoms with van der Waals surface area (Å²) in [6, 6.07) is 16.3. The highest BCUT2D eigenvalue weighted by Gasteiger charge is 2.28. The maximum absolute atomic E-state index is 13.1. The Kier molecular flexibility index (Phi) is 8.84. The zero-order valence-electron chi connectivity index (χ0n) is 24.6. The monoisotopic (exact) mass is 603 g/mol. The number of hydrogen-bond acceptors (Lipinski definition) is 7. The molecule has 1 saturated carbocycles. The van der Waals surface area contributed by atoms with E-state index < -0.39 is 5.60 Å². The molecular formula is C32H37N5O5S. The van der Waals surface area contributed by atoms with Crippen molar-refractivity contribution >= 4 is 40.8 Å². The van der Waals surface area contributed by atoms with Crippen LogP contribution < -0.4 is 16.4 Å². The number of carbonyl (C=O) groups is 4.